The van der Waals surface area contributed by atoms with Crippen LogP contribution in [0.25, 0.3) is 11.0 Å². The first-order chi connectivity index (χ1) is 17.1. The van der Waals surface area contributed by atoms with E-state index in [1.54, 1.807) is 0 Å². The molecule has 1 N–H and O–H groups in total. The summed E-state index contributed by atoms with van der Waals surface area (Å²) in [4.78, 5) is 19.2. The number of rotatable bonds is 5. The fourth-order valence-corrected chi connectivity index (χ4v) is 14.9. The summed E-state index contributed by atoms with van der Waals surface area (Å²) in [5, 5.41) is 13.1. The van der Waals surface area contributed by atoms with Crippen LogP contribution in [0, 0.1) is 5.41 Å². The zero-order chi connectivity index (χ0) is 27.6. The van der Waals surface area contributed by atoms with Crippen molar-refractivity contribution in [2.45, 2.75) is 116 Å². The number of aromatic nitrogens is 2. The normalized spacial score (nSPS) is 19.8. The number of fused-ring (bicyclic) bond motifs is 1. The van der Waals surface area contributed by atoms with Crippen molar-refractivity contribution in [1.82, 2.24) is 14.1 Å². The molecule has 1 spiro atoms. The Balaban J connectivity index is 1.62. The van der Waals surface area contributed by atoms with Gasteiger partial charge in [0.05, 0.1) is 5.60 Å². The van der Waals surface area contributed by atoms with E-state index < -0.39 is 19.4 Å². The molecule has 8 heteroatoms. The maximum atomic E-state index is 12.5. The molecule has 1 saturated carbocycles. The van der Waals surface area contributed by atoms with Crippen LogP contribution in [0.4, 0.5) is 4.79 Å². The third-order valence-corrected chi connectivity index (χ3v) is 16.5. The molecule has 2 aliphatic rings. The fourth-order valence-electron chi connectivity index (χ4n) is 7.66. The Morgan fingerprint density at radius 3 is 2.08 bits per heavy atom. The molecule has 2 fully saturated rings. The molecule has 1 aliphatic carbocycles. The molecule has 37 heavy (non-hydrogen) atoms. The molecule has 0 aromatic carbocycles. The van der Waals surface area contributed by atoms with E-state index in [1.807, 2.05) is 31.9 Å². The number of pyridine rings is 1. The molecule has 6 nitrogen and oxygen atoms in total. The molecule has 206 valence electrons. The molecule has 2 aromatic heterocycles. The van der Waals surface area contributed by atoms with Gasteiger partial charge in [-0.25, -0.2) is 9.78 Å². The Morgan fingerprint density at radius 2 is 1.59 bits per heavy atom. The number of hydrogen-bond donors (Lipinski definition) is 1. The maximum absolute atomic E-state index is 12.5. The Kier molecular flexibility index (Phi) is 7.48. The van der Waals surface area contributed by atoms with Crippen molar-refractivity contribution in [3.63, 3.8) is 0 Å². The van der Waals surface area contributed by atoms with Crippen molar-refractivity contribution in [3.05, 3.63) is 28.5 Å². The second kappa shape index (κ2) is 9.67. The number of ether oxygens (including phenoxy) is 1. The van der Waals surface area contributed by atoms with Gasteiger partial charge in [0.2, 0.25) is 0 Å². The number of carbonyl (C=O) groups excluding carboxylic acids is 1. The lowest BCUT2D eigenvalue weighted by Crippen LogP contribution is -2.61. The van der Waals surface area contributed by atoms with Gasteiger partial charge in [-0.3, -0.25) is 0 Å². The second-order valence-corrected chi connectivity index (χ2v) is 20.2. The Bertz CT molecular complexity index is 1130. The molecule has 1 saturated heterocycles. The van der Waals surface area contributed by atoms with Crippen LogP contribution in [0.5, 0.6) is 0 Å². The summed E-state index contributed by atoms with van der Waals surface area (Å²) < 4.78 is 8.96. The highest BCUT2D eigenvalue weighted by atomic mass is 79.9. The van der Waals surface area contributed by atoms with E-state index in [2.05, 4.69) is 74.0 Å². The zero-order valence-corrected chi connectivity index (χ0v) is 26.8. The van der Waals surface area contributed by atoms with Crippen molar-refractivity contribution < 1.29 is 14.6 Å². The molecule has 3 heterocycles. The van der Waals surface area contributed by atoms with Gasteiger partial charge >= 0.3 is 6.09 Å². The number of aliphatic hydroxyl groups is 1. The van der Waals surface area contributed by atoms with E-state index in [0.29, 0.717) is 42.6 Å². The summed E-state index contributed by atoms with van der Waals surface area (Å²) in [6.07, 6.45) is 7.05. The number of amides is 1. The van der Waals surface area contributed by atoms with Crippen molar-refractivity contribution >= 4 is 41.3 Å². The number of nitrogens with zero attached hydrogens (tertiary/aromatic N) is 3. The van der Waals surface area contributed by atoms with Crippen molar-refractivity contribution in [3.8, 4) is 0 Å². The summed E-state index contributed by atoms with van der Waals surface area (Å²) in [6.45, 7) is 21.3. The summed E-state index contributed by atoms with van der Waals surface area (Å²) in [6, 6.07) is 2.19. The summed E-state index contributed by atoms with van der Waals surface area (Å²) >= 11 is 3.76. The zero-order valence-electron chi connectivity index (χ0n) is 24.2. The van der Waals surface area contributed by atoms with E-state index in [1.165, 1.54) is 0 Å². The molecule has 0 atom stereocenters. The molecular weight excluding hydrogens is 546 g/mol. The first-order valence-electron chi connectivity index (χ1n) is 13.9. The maximum Gasteiger partial charge on any atom is 0.410 e. The van der Waals surface area contributed by atoms with Crippen LogP contribution in [-0.2, 0) is 10.3 Å². The highest BCUT2D eigenvalue weighted by Crippen LogP contribution is 2.53. The number of halogens is 1. The first kappa shape index (κ1) is 28.6. The third kappa shape index (κ3) is 4.80. The van der Waals surface area contributed by atoms with Gasteiger partial charge < -0.3 is 19.0 Å². The van der Waals surface area contributed by atoms with Gasteiger partial charge in [-0.2, -0.15) is 0 Å². The lowest BCUT2D eigenvalue weighted by atomic mass is 9.63. The van der Waals surface area contributed by atoms with Crippen LogP contribution < -0.4 is 0 Å². The average Bonchev–Trinajstić information content (AvgIpc) is 3.14. The molecule has 0 bridgehead atoms. The Hall–Kier alpha value is -1.38. The Morgan fingerprint density at radius 1 is 1.05 bits per heavy atom. The number of likely N-dealkylation sites (tertiary alicyclic amines) is 1. The lowest BCUT2D eigenvalue weighted by Gasteiger charge is -2.54. The average molecular weight is 593 g/mol. The highest BCUT2D eigenvalue weighted by molar-refractivity contribution is 9.10. The van der Waals surface area contributed by atoms with Crippen LogP contribution >= 0.6 is 15.9 Å². The standard InChI is InChI=1S/C29H46BrN3O3Si/c1-19(2)37(20(3)4,21(5)6)33-15-10-22-24(23(30)16-31-25(22)33)29(35)13-11-28(12-14-29)17-32(18-28)26(34)36-27(7,8)9/h10,15-16,19-21,35H,11-14,17-18H2,1-9H3. The summed E-state index contributed by atoms with van der Waals surface area (Å²) in [5.74, 6) is 0. The number of carbonyl (C=O) groups is 1. The molecule has 2 aromatic rings. The fraction of sp³-hybridized carbons (Fsp3) is 0.724. The van der Waals surface area contributed by atoms with Crippen molar-refractivity contribution in [2.24, 2.45) is 5.41 Å². The minimum absolute atomic E-state index is 0.0860. The van der Waals surface area contributed by atoms with Crippen molar-refractivity contribution in [1.29, 1.82) is 0 Å². The van der Waals surface area contributed by atoms with Crippen LogP contribution in [0.2, 0.25) is 16.6 Å². The minimum Gasteiger partial charge on any atom is -0.444 e. The SMILES string of the molecule is CC(C)[Si](C(C)C)(C(C)C)n1ccc2c(C3(O)CCC4(CC3)CN(C(=O)OC(C)(C)C)C4)c(Br)cnc21. The summed E-state index contributed by atoms with van der Waals surface area (Å²) in [7, 11) is -1.98. The van der Waals surface area contributed by atoms with E-state index in [0.717, 1.165) is 33.9 Å². The number of hydrogen-bond acceptors (Lipinski definition) is 4. The Labute approximate surface area is 232 Å². The first-order valence-corrected chi connectivity index (χ1v) is 16.9. The molecule has 0 radical (unpaired) electrons. The molecule has 1 aliphatic heterocycles. The van der Waals surface area contributed by atoms with Gasteiger partial charge in [-0.05, 0) is 91.3 Å². The van der Waals surface area contributed by atoms with Gasteiger partial charge in [0.1, 0.15) is 11.2 Å². The topological polar surface area (TPSA) is 67.6 Å². The van der Waals surface area contributed by atoms with Gasteiger partial charge in [0.25, 0.3) is 0 Å². The predicted octanol–water partition coefficient (Wildman–Crippen LogP) is 7.82. The predicted molar refractivity (Wildman–Crippen MR) is 156 cm³/mol. The minimum atomic E-state index is -1.98. The van der Waals surface area contributed by atoms with Crippen molar-refractivity contribution in [2.75, 3.05) is 13.1 Å². The van der Waals surface area contributed by atoms with E-state index in [9.17, 15) is 9.90 Å². The molecular formula is C29H46BrN3O3Si. The van der Waals surface area contributed by atoms with E-state index >= 15 is 0 Å². The largest absolute Gasteiger partial charge is 0.444 e. The summed E-state index contributed by atoms with van der Waals surface area (Å²) in [5.41, 5.74) is 2.35. The van der Waals surface area contributed by atoms with Crippen LogP contribution in [-0.4, -0.2) is 52.2 Å². The van der Waals surface area contributed by atoms with Crippen LogP contribution in [0.1, 0.15) is 93.6 Å². The monoisotopic (exact) mass is 591 g/mol. The molecule has 4 rings (SSSR count). The second-order valence-electron chi connectivity index (χ2n) is 13.6. The van der Waals surface area contributed by atoms with Crippen LogP contribution in [0.3, 0.4) is 0 Å². The quantitative estimate of drug-likeness (QED) is 0.360. The highest BCUT2D eigenvalue weighted by Gasteiger charge is 2.52. The van der Waals surface area contributed by atoms with E-state index in [4.69, 9.17) is 9.72 Å². The van der Waals surface area contributed by atoms with Gasteiger partial charge in [0, 0.05) is 40.1 Å². The molecule has 0 unspecified atom stereocenters. The molecule has 1 amide bonds. The smallest absolute Gasteiger partial charge is 0.410 e. The van der Waals surface area contributed by atoms with Gasteiger partial charge in [-0.15, -0.1) is 0 Å². The van der Waals surface area contributed by atoms with E-state index in [-0.39, 0.29) is 11.5 Å². The van der Waals surface area contributed by atoms with Crippen LogP contribution in [0.15, 0.2) is 22.9 Å². The van der Waals surface area contributed by atoms with Gasteiger partial charge in [-0.1, -0.05) is 41.5 Å². The third-order valence-electron chi connectivity index (χ3n) is 9.17. The lowest BCUT2D eigenvalue weighted by molar-refractivity contribution is -0.0960. The van der Waals surface area contributed by atoms with Gasteiger partial charge in [0.15, 0.2) is 8.24 Å².